The first-order valence-corrected chi connectivity index (χ1v) is 5.46. The lowest BCUT2D eigenvalue weighted by Crippen LogP contribution is -2.33. The Balaban J connectivity index is 3.65. The lowest BCUT2D eigenvalue weighted by atomic mass is 10.1. The Morgan fingerprint density at radius 1 is 1.36 bits per heavy atom. The van der Waals surface area contributed by atoms with Crippen LogP contribution in [0.25, 0.3) is 0 Å². The highest BCUT2D eigenvalue weighted by atomic mass is 16.6. The number of hydrogen-bond donors (Lipinski definition) is 2. The predicted octanol–water partition coefficient (Wildman–Crippen LogP) is 2.03. The summed E-state index contributed by atoms with van der Waals surface area (Å²) in [4.78, 5) is 0. The molecule has 0 aromatic carbocycles. The normalized spacial score (nSPS) is 16.7. The van der Waals surface area contributed by atoms with Crippen LogP contribution in [0.2, 0.25) is 0 Å². The van der Waals surface area contributed by atoms with Crippen molar-refractivity contribution in [2.45, 2.75) is 71.3 Å². The summed E-state index contributed by atoms with van der Waals surface area (Å²) < 4.78 is 5.36. The zero-order chi connectivity index (χ0) is 11.2. The molecule has 3 N–H and O–H groups in total. The van der Waals surface area contributed by atoms with Crippen LogP contribution in [0.4, 0.5) is 0 Å². The fraction of sp³-hybridized carbons (Fsp3) is 1.00. The first kappa shape index (κ1) is 13.9. The second-order valence-electron chi connectivity index (χ2n) is 4.82. The number of unbranched alkanes of at least 4 members (excludes halogenated alkanes) is 1. The van der Waals surface area contributed by atoms with Crippen molar-refractivity contribution < 1.29 is 9.84 Å². The zero-order valence-corrected chi connectivity index (χ0v) is 9.92. The Hall–Kier alpha value is -0.120. The molecule has 0 aliphatic rings. The van der Waals surface area contributed by atoms with Gasteiger partial charge in [0.2, 0.25) is 0 Å². The van der Waals surface area contributed by atoms with Crippen LogP contribution >= 0.6 is 0 Å². The Bertz CT molecular complexity index is 143. The molecule has 3 heteroatoms. The van der Waals surface area contributed by atoms with E-state index in [0.29, 0.717) is 6.42 Å². The summed E-state index contributed by atoms with van der Waals surface area (Å²) in [6.45, 7) is 7.91. The summed E-state index contributed by atoms with van der Waals surface area (Å²) >= 11 is 0. The second kappa shape index (κ2) is 6.38. The third-order valence-corrected chi connectivity index (χ3v) is 1.92. The van der Waals surface area contributed by atoms with Gasteiger partial charge in [-0.15, -0.1) is 0 Å². The molecule has 0 aromatic heterocycles. The van der Waals surface area contributed by atoms with Crippen molar-refractivity contribution in [3.05, 3.63) is 0 Å². The number of rotatable bonds is 6. The van der Waals surface area contributed by atoms with E-state index < -0.39 is 6.29 Å². The number of aliphatic hydroxyl groups excluding tert-OH is 1. The van der Waals surface area contributed by atoms with E-state index in [0.717, 1.165) is 19.3 Å². The molecule has 0 saturated carbocycles. The van der Waals surface area contributed by atoms with Crippen LogP contribution < -0.4 is 5.73 Å². The smallest absolute Gasteiger partial charge is 0.156 e. The first-order chi connectivity index (χ1) is 6.35. The highest BCUT2D eigenvalue weighted by Crippen LogP contribution is 2.13. The van der Waals surface area contributed by atoms with Crippen LogP contribution in [0.1, 0.15) is 53.4 Å². The minimum atomic E-state index is -0.734. The molecule has 0 spiro atoms. The molecule has 0 amide bonds. The molecule has 14 heavy (non-hydrogen) atoms. The van der Waals surface area contributed by atoms with Gasteiger partial charge in [-0.25, -0.2) is 0 Å². The van der Waals surface area contributed by atoms with E-state index in [2.05, 4.69) is 6.92 Å². The lowest BCUT2D eigenvalue weighted by molar-refractivity contribution is -0.170. The number of hydrogen-bond acceptors (Lipinski definition) is 3. The minimum Gasteiger partial charge on any atom is -0.368 e. The van der Waals surface area contributed by atoms with Gasteiger partial charge < -0.3 is 15.6 Å². The van der Waals surface area contributed by atoms with Gasteiger partial charge in [0.15, 0.2) is 6.29 Å². The van der Waals surface area contributed by atoms with Crippen molar-refractivity contribution >= 4 is 0 Å². The second-order valence-corrected chi connectivity index (χ2v) is 4.82. The van der Waals surface area contributed by atoms with Gasteiger partial charge in [0, 0.05) is 12.5 Å². The predicted molar refractivity (Wildman–Crippen MR) is 59.0 cm³/mol. The highest BCUT2D eigenvalue weighted by molar-refractivity contribution is 4.66. The Labute approximate surface area is 87.6 Å². The average molecular weight is 203 g/mol. The van der Waals surface area contributed by atoms with Gasteiger partial charge in [-0.3, -0.25) is 0 Å². The third kappa shape index (κ3) is 8.48. The van der Waals surface area contributed by atoms with Crippen molar-refractivity contribution in [2.75, 3.05) is 0 Å². The van der Waals surface area contributed by atoms with Crippen molar-refractivity contribution in [3.8, 4) is 0 Å². The maximum atomic E-state index is 9.55. The molecule has 0 saturated heterocycles. The average Bonchev–Trinajstić information content (AvgIpc) is 1.96. The van der Waals surface area contributed by atoms with Crippen LogP contribution in [0.3, 0.4) is 0 Å². The Kier molecular flexibility index (Phi) is 6.33. The van der Waals surface area contributed by atoms with E-state index in [-0.39, 0.29) is 11.6 Å². The van der Waals surface area contributed by atoms with Crippen LogP contribution in [0, 0.1) is 0 Å². The van der Waals surface area contributed by atoms with Gasteiger partial charge in [-0.1, -0.05) is 19.8 Å². The maximum absolute atomic E-state index is 9.55. The van der Waals surface area contributed by atoms with Crippen molar-refractivity contribution in [2.24, 2.45) is 5.73 Å². The third-order valence-electron chi connectivity index (χ3n) is 1.92. The summed E-state index contributed by atoms with van der Waals surface area (Å²) in [5.41, 5.74) is 5.54. The lowest BCUT2D eigenvalue weighted by Gasteiger charge is -2.25. The summed E-state index contributed by atoms with van der Waals surface area (Å²) in [7, 11) is 0. The van der Waals surface area contributed by atoms with E-state index in [9.17, 15) is 5.11 Å². The topological polar surface area (TPSA) is 55.5 Å². The fourth-order valence-electron chi connectivity index (χ4n) is 1.30. The molecular formula is C11H25NO2. The molecule has 3 nitrogen and oxygen atoms in total. The van der Waals surface area contributed by atoms with Crippen LogP contribution in [-0.2, 0) is 4.74 Å². The van der Waals surface area contributed by atoms with Crippen molar-refractivity contribution in [3.63, 3.8) is 0 Å². The summed E-state index contributed by atoms with van der Waals surface area (Å²) in [5, 5.41) is 9.55. The van der Waals surface area contributed by atoms with E-state index in [1.165, 1.54) is 0 Å². The molecule has 1 unspecified atom stereocenters. The summed E-state index contributed by atoms with van der Waals surface area (Å²) in [6.07, 6.45) is 3.01. The Morgan fingerprint density at radius 2 is 1.93 bits per heavy atom. The minimum absolute atomic E-state index is 0.0484. The molecule has 0 fully saturated rings. The van der Waals surface area contributed by atoms with Crippen molar-refractivity contribution in [1.29, 1.82) is 0 Å². The van der Waals surface area contributed by atoms with Crippen LogP contribution in [-0.4, -0.2) is 23.0 Å². The van der Waals surface area contributed by atoms with Gasteiger partial charge in [0.25, 0.3) is 0 Å². The highest BCUT2D eigenvalue weighted by Gasteiger charge is 2.18. The molecule has 0 radical (unpaired) electrons. The monoisotopic (exact) mass is 203 g/mol. The zero-order valence-electron chi connectivity index (χ0n) is 9.92. The largest absolute Gasteiger partial charge is 0.368 e. The van der Waals surface area contributed by atoms with E-state index in [4.69, 9.17) is 10.5 Å². The molecule has 0 rings (SSSR count). The molecule has 2 atom stereocenters. The first-order valence-electron chi connectivity index (χ1n) is 5.46. The van der Waals surface area contributed by atoms with E-state index in [1.54, 1.807) is 0 Å². The van der Waals surface area contributed by atoms with Crippen LogP contribution in [0.5, 0.6) is 0 Å². The fourth-order valence-corrected chi connectivity index (χ4v) is 1.30. The number of aliphatic hydroxyl groups is 1. The molecule has 0 aromatic rings. The summed E-state index contributed by atoms with van der Waals surface area (Å²) in [6, 6.07) is 0.0484. The quantitative estimate of drug-likeness (QED) is 0.649. The Morgan fingerprint density at radius 3 is 2.36 bits per heavy atom. The summed E-state index contributed by atoms with van der Waals surface area (Å²) in [5.74, 6) is 0. The van der Waals surface area contributed by atoms with Crippen LogP contribution in [0.15, 0.2) is 0 Å². The standard InChI is InChI=1S/C11H25NO2/c1-5-6-7-9(12)8-10(13)14-11(2,3)4/h9-10,13H,5-8,12H2,1-4H3/t9-,10?/m0/s1. The van der Waals surface area contributed by atoms with E-state index >= 15 is 0 Å². The molecule has 0 heterocycles. The molecular weight excluding hydrogens is 178 g/mol. The van der Waals surface area contributed by atoms with E-state index in [1.807, 2.05) is 20.8 Å². The SMILES string of the molecule is CCCC[C@H](N)CC(O)OC(C)(C)C. The number of ether oxygens (including phenoxy) is 1. The molecule has 86 valence electrons. The van der Waals surface area contributed by atoms with Gasteiger partial charge in [0.05, 0.1) is 5.60 Å². The van der Waals surface area contributed by atoms with Gasteiger partial charge in [-0.05, 0) is 27.2 Å². The molecule has 0 bridgehead atoms. The van der Waals surface area contributed by atoms with Gasteiger partial charge in [0.1, 0.15) is 0 Å². The number of nitrogens with two attached hydrogens (primary N) is 1. The maximum Gasteiger partial charge on any atom is 0.156 e. The van der Waals surface area contributed by atoms with Gasteiger partial charge >= 0.3 is 0 Å². The molecule has 0 aliphatic heterocycles. The van der Waals surface area contributed by atoms with Crippen molar-refractivity contribution in [1.82, 2.24) is 0 Å². The molecule has 0 aliphatic carbocycles. The van der Waals surface area contributed by atoms with Gasteiger partial charge in [-0.2, -0.15) is 0 Å².